The van der Waals surface area contributed by atoms with Crippen LogP contribution in [0.2, 0.25) is 5.02 Å². The second kappa shape index (κ2) is 7.33. The van der Waals surface area contributed by atoms with Crippen molar-refractivity contribution < 1.29 is 0 Å². The van der Waals surface area contributed by atoms with Crippen LogP contribution in [0, 0.1) is 0 Å². The number of hydrogen-bond acceptors (Lipinski definition) is 2. The number of rotatable bonds is 4. The summed E-state index contributed by atoms with van der Waals surface area (Å²) >= 11 is 13.8. The van der Waals surface area contributed by atoms with Gasteiger partial charge in [0.1, 0.15) is 0 Å². The summed E-state index contributed by atoms with van der Waals surface area (Å²) in [5, 5.41) is 4.29. The molecule has 0 atom stereocenters. The number of thiophene rings is 1. The molecule has 0 radical (unpaired) electrons. The van der Waals surface area contributed by atoms with Gasteiger partial charge in [0.15, 0.2) is 0 Å². The average molecular weight is 353 g/mol. The molecule has 5 heteroatoms. The molecule has 112 valence electrons. The number of hydrogen-bond donors (Lipinski definition) is 0. The van der Waals surface area contributed by atoms with Crippen LogP contribution in [-0.4, -0.2) is 22.9 Å². The molecule has 0 aliphatic heterocycles. The van der Waals surface area contributed by atoms with Crippen LogP contribution in [0.5, 0.6) is 0 Å². The highest BCUT2D eigenvalue weighted by atomic mass is 35.5. The van der Waals surface area contributed by atoms with Gasteiger partial charge in [-0.15, -0.1) is 35.3 Å². The van der Waals surface area contributed by atoms with Crippen molar-refractivity contribution in [3.8, 4) is 0 Å². The van der Waals surface area contributed by atoms with Gasteiger partial charge in [-0.1, -0.05) is 11.6 Å². The Labute approximate surface area is 141 Å². The van der Waals surface area contributed by atoms with E-state index in [2.05, 4.69) is 43.2 Å². The second-order valence-corrected chi connectivity index (χ2v) is 7.41. The molecule has 0 saturated carbocycles. The standard InChI is InChI=1S/C15H19Cl2NS.ClH/c1-15(2,3)18(7-6-16)9-11-10-19-14-5-4-12(17)8-13(11)14;/h4-5,8,10H,6-7,9H2,1-3H3;1H. The van der Waals surface area contributed by atoms with Crippen molar-refractivity contribution in [1.29, 1.82) is 0 Å². The van der Waals surface area contributed by atoms with Gasteiger partial charge >= 0.3 is 0 Å². The predicted molar refractivity (Wildman–Crippen MR) is 95.0 cm³/mol. The van der Waals surface area contributed by atoms with E-state index in [1.165, 1.54) is 15.6 Å². The molecule has 1 aromatic carbocycles. The van der Waals surface area contributed by atoms with Crippen LogP contribution < -0.4 is 0 Å². The Morgan fingerprint density at radius 2 is 1.95 bits per heavy atom. The lowest BCUT2D eigenvalue weighted by Crippen LogP contribution is -2.41. The summed E-state index contributed by atoms with van der Waals surface area (Å²) in [5.41, 5.74) is 1.45. The largest absolute Gasteiger partial charge is 0.293 e. The lowest BCUT2D eigenvalue weighted by atomic mass is 10.0. The fraction of sp³-hybridized carbons (Fsp3) is 0.467. The van der Waals surface area contributed by atoms with Crippen LogP contribution in [0.25, 0.3) is 10.1 Å². The van der Waals surface area contributed by atoms with Gasteiger partial charge < -0.3 is 0 Å². The summed E-state index contributed by atoms with van der Waals surface area (Å²) in [7, 11) is 0. The van der Waals surface area contributed by atoms with Crippen LogP contribution in [0.4, 0.5) is 0 Å². The molecule has 2 aromatic rings. The molecule has 0 aliphatic rings. The molecule has 0 unspecified atom stereocenters. The summed E-state index contributed by atoms with van der Waals surface area (Å²) in [6.45, 7) is 8.47. The third kappa shape index (κ3) is 4.25. The van der Waals surface area contributed by atoms with E-state index >= 15 is 0 Å². The molecular formula is C15H20Cl3NS. The summed E-state index contributed by atoms with van der Waals surface area (Å²) in [4.78, 5) is 2.41. The first kappa shape index (κ1) is 18.1. The Hall–Kier alpha value is 0.01000. The Balaban J connectivity index is 0.00000200. The fourth-order valence-electron chi connectivity index (χ4n) is 2.14. The lowest BCUT2D eigenvalue weighted by Gasteiger charge is -2.35. The molecule has 0 spiro atoms. The number of benzene rings is 1. The maximum absolute atomic E-state index is 6.11. The first-order valence-electron chi connectivity index (χ1n) is 6.38. The van der Waals surface area contributed by atoms with Gasteiger partial charge in [-0.05, 0) is 55.3 Å². The average Bonchev–Trinajstić information content (AvgIpc) is 2.70. The molecule has 0 amide bonds. The normalized spacial score (nSPS) is 11.9. The minimum Gasteiger partial charge on any atom is -0.293 e. The van der Waals surface area contributed by atoms with E-state index in [0.29, 0.717) is 5.88 Å². The minimum absolute atomic E-state index is 0. The van der Waals surface area contributed by atoms with Crippen LogP contribution in [0.3, 0.4) is 0 Å². The van der Waals surface area contributed by atoms with Crippen LogP contribution >= 0.6 is 46.9 Å². The molecule has 20 heavy (non-hydrogen) atoms. The maximum Gasteiger partial charge on any atom is 0.0413 e. The van der Waals surface area contributed by atoms with Gasteiger partial charge in [0.05, 0.1) is 0 Å². The number of halogens is 3. The highest BCUT2D eigenvalue weighted by Crippen LogP contribution is 2.30. The van der Waals surface area contributed by atoms with Gasteiger partial charge in [0.25, 0.3) is 0 Å². The smallest absolute Gasteiger partial charge is 0.0413 e. The monoisotopic (exact) mass is 351 g/mol. The zero-order valence-corrected chi connectivity index (χ0v) is 15.1. The predicted octanol–water partition coefficient (Wildman–Crippen LogP) is 5.82. The van der Waals surface area contributed by atoms with E-state index in [0.717, 1.165) is 18.1 Å². The molecule has 1 nitrogen and oxygen atoms in total. The molecule has 2 rings (SSSR count). The number of fused-ring (bicyclic) bond motifs is 1. The Morgan fingerprint density at radius 1 is 1.25 bits per heavy atom. The van der Waals surface area contributed by atoms with Crippen molar-refractivity contribution in [2.45, 2.75) is 32.9 Å². The topological polar surface area (TPSA) is 3.24 Å². The van der Waals surface area contributed by atoms with E-state index < -0.39 is 0 Å². The summed E-state index contributed by atoms with van der Waals surface area (Å²) in [6.07, 6.45) is 0. The SMILES string of the molecule is CC(C)(C)N(CCCl)Cc1csc2ccc(Cl)cc12.Cl. The second-order valence-electron chi connectivity index (χ2n) is 5.68. The Morgan fingerprint density at radius 3 is 2.55 bits per heavy atom. The third-order valence-corrected chi connectivity index (χ3v) is 4.70. The van der Waals surface area contributed by atoms with Gasteiger partial charge in [-0.3, -0.25) is 4.90 Å². The quantitative estimate of drug-likeness (QED) is 0.627. The first-order chi connectivity index (χ1) is 8.91. The van der Waals surface area contributed by atoms with E-state index in [9.17, 15) is 0 Å². The zero-order valence-electron chi connectivity index (χ0n) is 12.0. The molecule has 1 heterocycles. The molecule has 0 saturated heterocycles. The molecular weight excluding hydrogens is 333 g/mol. The van der Waals surface area contributed by atoms with Gasteiger partial charge in [-0.25, -0.2) is 0 Å². The molecule has 0 fully saturated rings. The summed E-state index contributed by atoms with van der Waals surface area (Å²) in [6, 6.07) is 6.10. The zero-order chi connectivity index (χ0) is 14.0. The number of nitrogens with zero attached hydrogens (tertiary/aromatic N) is 1. The van der Waals surface area contributed by atoms with Crippen LogP contribution in [0.1, 0.15) is 26.3 Å². The van der Waals surface area contributed by atoms with Crippen molar-refractivity contribution in [2.75, 3.05) is 12.4 Å². The third-order valence-electron chi connectivity index (χ3n) is 3.28. The van der Waals surface area contributed by atoms with Gasteiger partial charge in [0.2, 0.25) is 0 Å². The van der Waals surface area contributed by atoms with E-state index in [-0.39, 0.29) is 17.9 Å². The molecule has 0 N–H and O–H groups in total. The fourth-order valence-corrected chi connectivity index (χ4v) is 3.45. The Kier molecular flexibility index (Phi) is 6.62. The lowest BCUT2D eigenvalue weighted by molar-refractivity contribution is 0.138. The van der Waals surface area contributed by atoms with Crippen LogP contribution in [0.15, 0.2) is 23.6 Å². The van der Waals surface area contributed by atoms with Crippen molar-refractivity contribution in [3.63, 3.8) is 0 Å². The molecule has 1 aromatic heterocycles. The number of alkyl halides is 1. The highest BCUT2D eigenvalue weighted by molar-refractivity contribution is 7.17. The van der Waals surface area contributed by atoms with Crippen LogP contribution in [-0.2, 0) is 6.54 Å². The van der Waals surface area contributed by atoms with Crippen molar-refractivity contribution in [1.82, 2.24) is 4.90 Å². The Bertz CT molecular complexity index is 560. The minimum atomic E-state index is 0. The maximum atomic E-state index is 6.11. The summed E-state index contributed by atoms with van der Waals surface area (Å²) < 4.78 is 1.29. The van der Waals surface area contributed by atoms with Gasteiger partial charge in [0, 0.05) is 34.2 Å². The van der Waals surface area contributed by atoms with Gasteiger partial charge in [-0.2, -0.15) is 0 Å². The van der Waals surface area contributed by atoms with Crippen molar-refractivity contribution in [2.24, 2.45) is 0 Å². The summed E-state index contributed by atoms with van der Waals surface area (Å²) in [5.74, 6) is 0.653. The van der Waals surface area contributed by atoms with Crippen molar-refractivity contribution >= 4 is 57.0 Å². The van der Waals surface area contributed by atoms with E-state index in [4.69, 9.17) is 23.2 Å². The first-order valence-corrected chi connectivity index (χ1v) is 8.17. The van der Waals surface area contributed by atoms with Crippen molar-refractivity contribution in [3.05, 3.63) is 34.2 Å². The molecule has 0 aliphatic carbocycles. The van der Waals surface area contributed by atoms with E-state index in [1.807, 2.05) is 6.07 Å². The highest BCUT2D eigenvalue weighted by Gasteiger charge is 2.21. The molecule has 0 bridgehead atoms. The van der Waals surface area contributed by atoms with E-state index in [1.54, 1.807) is 11.3 Å².